The Kier molecular flexibility index (Phi) is 1.55. The Hall–Kier alpha value is -0.920. The second-order valence-corrected chi connectivity index (χ2v) is 3.61. The van der Waals surface area contributed by atoms with E-state index in [4.69, 9.17) is 2.74 Å². The van der Waals surface area contributed by atoms with Crippen LogP contribution in [0.25, 0.3) is 0 Å². The van der Waals surface area contributed by atoms with Crippen molar-refractivity contribution < 1.29 is 11.5 Å². The number of benzene rings is 1. The summed E-state index contributed by atoms with van der Waals surface area (Å²) in [5.41, 5.74) is 0.900. The fourth-order valence-electron chi connectivity index (χ4n) is 1.65. The molecule has 0 saturated heterocycles. The first-order valence-corrected chi connectivity index (χ1v) is 4.38. The molecule has 0 saturated carbocycles. The van der Waals surface area contributed by atoms with Crippen LogP contribution in [0, 0.1) is 17.6 Å². The fourth-order valence-corrected chi connectivity index (χ4v) is 1.65. The number of rotatable bonds is 0. The molecule has 0 N–H and O–H groups in total. The molecule has 13 heavy (non-hydrogen) atoms. The van der Waals surface area contributed by atoms with E-state index >= 15 is 0 Å². The van der Waals surface area contributed by atoms with Gasteiger partial charge in [-0.05, 0) is 48.4 Å². The molecule has 70 valence electrons. The van der Waals surface area contributed by atoms with Crippen LogP contribution in [0.15, 0.2) is 12.1 Å². The zero-order chi connectivity index (χ0) is 11.2. The monoisotopic (exact) mass is 184 g/mol. The van der Waals surface area contributed by atoms with Gasteiger partial charge in [-0.15, -0.1) is 0 Å². The van der Waals surface area contributed by atoms with Gasteiger partial charge in [-0.1, -0.05) is 6.92 Å². The maximum absolute atomic E-state index is 13.0. The highest BCUT2D eigenvalue weighted by Crippen LogP contribution is 2.26. The molecule has 0 bridgehead atoms. The summed E-state index contributed by atoms with van der Waals surface area (Å²) in [6.45, 7) is 1.92. The van der Waals surface area contributed by atoms with Crippen molar-refractivity contribution in [3.8, 4) is 0 Å². The molecule has 0 fully saturated rings. The van der Waals surface area contributed by atoms with Crippen LogP contribution >= 0.6 is 0 Å². The van der Waals surface area contributed by atoms with Crippen molar-refractivity contribution in [2.45, 2.75) is 26.1 Å². The number of fused-ring (bicyclic) bond motifs is 1. The lowest BCUT2D eigenvalue weighted by Gasteiger charge is -2.21. The SMILES string of the molecule is [2H]C1([2H])CC(C)Cc2cc(F)c(F)cc21. The zero-order valence-corrected chi connectivity index (χ0v) is 7.40. The minimum Gasteiger partial charge on any atom is -0.204 e. The van der Waals surface area contributed by atoms with Crippen molar-refractivity contribution in [2.75, 3.05) is 0 Å². The van der Waals surface area contributed by atoms with Gasteiger partial charge in [0.25, 0.3) is 0 Å². The van der Waals surface area contributed by atoms with Gasteiger partial charge in [-0.2, -0.15) is 0 Å². The lowest BCUT2D eigenvalue weighted by molar-refractivity contribution is 0.475. The number of hydrogen-bond donors (Lipinski definition) is 0. The number of hydrogen-bond acceptors (Lipinski definition) is 0. The van der Waals surface area contributed by atoms with Crippen molar-refractivity contribution in [3.05, 3.63) is 34.9 Å². The maximum atomic E-state index is 13.0. The molecule has 1 aliphatic rings. The van der Waals surface area contributed by atoms with Gasteiger partial charge in [-0.25, -0.2) is 8.78 Å². The van der Waals surface area contributed by atoms with Gasteiger partial charge in [0, 0.05) is 2.74 Å². The first-order valence-electron chi connectivity index (χ1n) is 5.38. The highest BCUT2D eigenvalue weighted by atomic mass is 19.2. The molecule has 0 heterocycles. The van der Waals surface area contributed by atoms with Crippen LogP contribution in [-0.4, -0.2) is 0 Å². The van der Waals surface area contributed by atoms with Gasteiger partial charge >= 0.3 is 0 Å². The molecule has 1 atom stereocenters. The van der Waals surface area contributed by atoms with Crippen LogP contribution in [-0.2, 0) is 12.8 Å². The van der Waals surface area contributed by atoms with E-state index in [1.54, 1.807) is 0 Å². The van der Waals surface area contributed by atoms with E-state index < -0.39 is 18.0 Å². The maximum Gasteiger partial charge on any atom is 0.159 e. The van der Waals surface area contributed by atoms with Gasteiger partial charge < -0.3 is 0 Å². The second-order valence-electron chi connectivity index (χ2n) is 3.61. The summed E-state index contributed by atoms with van der Waals surface area (Å²) in [4.78, 5) is 0. The first-order chi connectivity index (χ1) is 6.90. The van der Waals surface area contributed by atoms with Crippen molar-refractivity contribution in [1.29, 1.82) is 0 Å². The van der Waals surface area contributed by atoms with Gasteiger partial charge in [0.2, 0.25) is 0 Å². The lowest BCUT2D eigenvalue weighted by Crippen LogP contribution is -2.12. The molecule has 0 amide bonds. The molecule has 0 aliphatic heterocycles. The van der Waals surface area contributed by atoms with Crippen molar-refractivity contribution in [3.63, 3.8) is 0 Å². The van der Waals surface area contributed by atoms with Gasteiger partial charge in [-0.3, -0.25) is 0 Å². The Morgan fingerprint density at radius 3 is 2.62 bits per heavy atom. The molecular weight excluding hydrogens is 170 g/mol. The fraction of sp³-hybridized carbons (Fsp3) is 0.455. The summed E-state index contributed by atoms with van der Waals surface area (Å²) >= 11 is 0. The minimum absolute atomic E-state index is 0.164. The molecule has 2 heteroatoms. The third-order valence-electron chi connectivity index (χ3n) is 2.36. The van der Waals surface area contributed by atoms with E-state index in [0.29, 0.717) is 24.0 Å². The standard InChI is InChI=1S/C11H12F2/c1-7-2-3-8-5-10(12)11(13)6-9(8)4-7/h5-7H,2-4H2,1H3/i3D2. The average molecular weight is 184 g/mol. The topological polar surface area (TPSA) is 0 Å². The Balaban J connectivity index is 2.58. The molecule has 0 radical (unpaired) electrons. The van der Waals surface area contributed by atoms with Crippen molar-refractivity contribution in [2.24, 2.45) is 5.92 Å². The molecule has 1 aromatic rings. The summed E-state index contributed by atoms with van der Waals surface area (Å²) in [5, 5.41) is 0. The van der Waals surface area contributed by atoms with Crippen LogP contribution in [0.5, 0.6) is 0 Å². The van der Waals surface area contributed by atoms with Gasteiger partial charge in [0.15, 0.2) is 11.6 Å². The quantitative estimate of drug-likeness (QED) is 0.581. The third-order valence-corrected chi connectivity index (χ3v) is 2.36. The lowest BCUT2D eigenvalue weighted by atomic mass is 9.85. The minimum atomic E-state index is -1.54. The van der Waals surface area contributed by atoms with Crippen molar-refractivity contribution in [1.82, 2.24) is 0 Å². The average Bonchev–Trinajstić information content (AvgIpc) is 2.07. The normalized spacial score (nSPS) is 27.5. The third kappa shape index (κ3) is 1.58. The summed E-state index contributed by atoms with van der Waals surface area (Å²) < 4.78 is 41.6. The van der Waals surface area contributed by atoms with E-state index in [-0.39, 0.29) is 5.92 Å². The molecule has 2 rings (SSSR count). The molecule has 1 aliphatic carbocycles. The zero-order valence-electron chi connectivity index (χ0n) is 9.40. The van der Waals surface area contributed by atoms with E-state index in [2.05, 4.69) is 0 Å². The molecular formula is C11H12F2. The smallest absolute Gasteiger partial charge is 0.159 e. The highest BCUT2D eigenvalue weighted by molar-refractivity contribution is 5.31. The summed E-state index contributed by atoms with van der Waals surface area (Å²) in [6, 6.07) is 2.12. The van der Waals surface area contributed by atoms with Crippen LogP contribution in [0.2, 0.25) is 0 Å². The van der Waals surface area contributed by atoms with Crippen LogP contribution in [0.3, 0.4) is 0 Å². The molecule has 0 aromatic heterocycles. The van der Waals surface area contributed by atoms with E-state index in [0.717, 1.165) is 12.1 Å². The van der Waals surface area contributed by atoms with Crippen LogP contribution < -0.4 is 0 Å². The Morgan fingerprint density at radius 2 is 1.92 bits per heavy atom. The number of aryl methyl sites for hydroxylation is 1. The summed E-state index contributed by atoms with van der Waals surface area (Å²) in [7, 11) is 0. The molecule has 1 unspecified atom stereocenters. The van der Waals surface area contributed by atoms with E-state index in [1.165, 1.54) is 0 Å². The van der Waals surface area contributed by atoms with Gasteiger partial charge in [0.05, 0.1) is 0 Å². The molecule has 0 nitrogen and oxygen atoms in total. The highest BCUT2D eigenvalue weighted by Gasteiger charge is 2.17. The largest absolute Gasteiger partial charge is 0.204 e. The molecule has 1 aromatic carbocycles. The van der Waals surface area contributed by atoms with Crippen LogP contribution in [0.1, 0.15) is 27.2 Å². The Bertz CT molecular complexity index is 402. The summed E-state index contributed by atoms with van der Waals surface area (Å²) in [6.07, 6.45) is -0.557. The first kappa shape index (κ1) is 6.52. The number of halogens is 2. The molecule has 0 spiro atoms. The Morgan fingerprint density at radius 1 is 1.31 bits per heavy atom. The van der Waals surface area contributed by atoms with Gasteiger partial charge in [0.1, 0.15) is 0 Å². The van der Waals surface area contributed by atoms with Crippen molar-refractivity contribution >= 4 is 0 Å². The van der Waals surface area contributed by atoms with Crippen LogP contribution in [0.4, 0.5) is 8.78 Å². The second kappa shape index (κ2) is 3.09. The van der Waals surface area contributed by atoms with E-state index in [9.17, 15) is 8.78 Å². The predicted octanol–water partition coefficient (Wildman–Crippen LogP) is 3.09. The Labute approximate surface area is 79.4 Å². The summed E-state index contributed by atoms with van der Waals surface area (Å²) in [5.74, 6) is -1.69. The predicted molar refractivity (Wildman–Crippen MR) is 47.5 cm³/mol. The van der Waals surface area contributed by atoms with E-state index in [1.807, 2.05) is 6.92 Å².